The molecule has 16 heavy (non-hydrogen) atoms. The molecule has 0 aliphatic rings. The SMILES string of the molecule is COC(=O)c1cc(OC)ccc1C=C(Br)Br. The Bertz CT molecular complexity index is 423. The predicted molar refractivity (Wildman–Crippen MR) is 70.2 cm³/mol. The van der Waals surface area contributed by atoms with Gasteiger partial charge in [-0.15, -0.1) is 0 Å². The molecule has 5 heteroatoms. The highest BCUT2D eigenvalue weighted by Gasteiger charge is 2.11. The third-order valence-electron chi connectivity index (χ3n) is 1.93. The Labute approximate surface area is 111 Å². The van der Waals surface area contributed by atoms with Gasteiger partial charge >= 0.3 is 5.97 Å². The van der Waals surface area contributed by atoms with Crippen LogP contribution in [-0.2, 0) is 4.74 Å². The van der Waals surface area contributed by atoms with E-state index >= 15 is 0 Å². The first-order valence-corrected chi connectivity index (χ1v) is 5.96. The maximum absolute atomic E-state index is 11.5. The highest BCUT2D eigenvalue weighted by atomic mass is 79.9. The number of hydrogen-bond acceptors (Lipinski definition) is 3. The van der Waals surface area contributed by atoms with Gasteiger partial charge in [0.1, 0.15) is 5.75 Å². The lowest BCUT2D eigenvalue weighted by atomic mass is 10.1. The molecule has 0 N–H and O–H groups in total. The molecular formula is C11H10Br2O3. The Morgan fingerprint density at radius 1 is 1.31 bits per heavy atom. The monoisotopic (exact) mass is 348 g/mol. The van der Waals surface area contributed by atoms with Crippen molar-refractivity contribution in [3.8, 4) is 5.75 Å². The first kappa shape index (κ1) is 13.3. The zero-order chi connectivity index (χ0) is 12.1. The first-order chi connectivity index (χ1) is 7.58. The van der Waals surface area contributed by atoms with Gasteiger partial charge in [-0.2, -0.15) is 0 Å². The number of benzene rings is 1. The summed E-state index contributed by atoms with van der Waals surface area (Å²) < 4.78 is 10.5. The van der Waals surface area contributed by atoms with Gasteiger partial charge in [0.05, 0.1) is 23.2 Å². The number of ether oxygens (including phenoxy) is 2. The molecule has 0 amide bonds. The Morgan fingerprint density at radius 3 is 2.50 bits per heavy atom. The molecule has 86 valence electrons. The molecular weight excluding hydrogens is 340 g/mol. The Hall–Kier alpha value is -0.810. The molecule has 0 aromatic heterocycles. The van der Waals surface area contributed by atoms with E-state index in [-0.39, 0.29) is 0 Å². The number of esters is 1. The Kier molecular flexibility index (Phi) is 5.02. The van der Waals surface area contributed by atoms with Crippen molar-refractivity contribution >= 4 is 43.9 Å². The van der Waals surface area contributed by atoms with Crippen LogP contribution in [0.5, 0.6) is 5.75 Å². The van der Waals surface area contributed by atoms with Gasteiger partial charge in [-0.3, -0.25) is 0 Å². The van der Waals surface area contributed by atoms with Crippen LogP contribution in [0.3, 0.4) is 0 Å². The summed E-state index contributed by atoms with van der Waals surface area (Å²) in [5, 5.41) is 0. The van der Waals surface area contributed by atoms with Gasteiger partial charge in [-0.25, -0.2) is 4.79 Å². The zero-order valence-corrected chi connectivity index (χ0v) is 12.0. The van der Waals surface area contributed by atoms with Crippen LogP contribution in [0.4, 0.5) is 0 Å². The maximum atomic E-state index is 11.5. The highest BCUT2D eigenvalue weighted by Crippen LogP contribution is 2.24. The topological polar surface area (TPSA) is 35.5 Å². The molecule has 1 aromatic rings. The summed E-state index contributed by atoms with van der Waals surface area (Å²) in [7, 11) is 2.89. The van der Waals surface area contributed by atoms with Crippen LogP contribution in [0, 0.1) is 0 Å². The van der Waals surface area contributed by atoms with E-state index in [4.69, 9.17) is 9.47 Å². The number of carbonyl (C=O) groups is 1. The van der Waals surface area contributed by atoms with Gasteiger partial charge in [-0.05, 0) is 55.6 Å². The third-order valence-corrected chi connectivity index (χ3v) is 2.39. The fourth-order valence-electron chi connectivity index (χ4n) is 1.19. The van der Waals surface area contributed by atoms with Crippen LogP contribution < -0.4 is 4.74 Å². The molecule has 0 fully saturated rings. The number of carbonyl (C=O) groups excluding carboxylic acids is 1. The Morgan fingerprint density at radius 2 is 2.00 bits per heavy atom. The maximum Gasteiger partial charge on any atom is 0.338 e. The summed E-state index contributed by atoms with van der Waals surface area (Å²) in [4.78, 5) is 11.5. The number of halogens is 2. The minimum Gasteiger partial charge on any atom is -0.497 e. The number of methoxy groups -OCH3 is 2. The molecule has 3 nitrogen and oxygen atoms in total. The van der Waals surface area contributed by atoms with Gasteiger partial charge in [0, 0.05) is 0 Å². The third kappa shape index (κ3) is 3.35. The van der Waals surface area contributed by atoms with Crippen molar-refractivity contribution in [3.63, 3.8) is 0 Å². The highest BCUT2D eigenvalue weighted by molar-refractivity contribution is 9.28. The van der Waals surface area contributed by atoms with E-state index in [1.165, 1.54) is 7.11 Å². The molecule has 1 aromatic carbocycles. The van der Waals surface area contributed by atoms with Crippen LogP contribution in [0.2, 0.25) is 0 Å². The number of rotatable bonds is 3. The summed E-state index contributed by atoms with van der Waals surface area (Å²) >= 11 is 6.49. The summed E-state index contributed by atoms with van der Waals surface area (Å²) in [6.45, 7) is 0. The van der Waals surface area contributed by atoms with Crippen LogP contribution in [0.15, 0.2) is 21.6 Å². The Balaban J connectivity index is 3.27. The van der Waals surface area contributed by atoms with Crippen molar-refractivity contribution in [2.24, 2.45) is 0 Å². The molecule has 0 saturated carbocycles. The summed E-state index contributed by atoms with van der Waals surface area (Å²) in [6.07, 6.45) is 1.77. The summed E-state index contributed by atoms with van der Waals surface area (Å²) in [5.74, 6) is 0.217. The lowest BCUT2D eigenvalue weighted by Crippen LogP contribution is -2.04. The average Bonchev–Trinajstić information content (AvgIpc) is 2.28. The van der Waals surface area contributed by atoms with Gasteiger partial charge in [0.2, 0.25) is 0 Å². The molecule has 0 spiro atoms. The van der Waals surface area contributed by atoms with Crippen LogP contribution >= 0.6 is 31.9 Å². The van der Waals surface area contributed by atoms with Crippen LogP contribution in [0.1, 0.15) is 15.9 Å². The standard InChI is InChI=1S/C11H10Br2O3/c1-15-8-4-3-7(5-10(12)13)9(6-8)11(14)16-2/h3-6H,1-2H3. The zero-order valence-electron chi connectivity index (χ0n) is 8.79. The van der Waals surface area contributed by atoms with E-state index in [2.05, 4.69) is 31.9 Å². The minimum absolute atomic E-state index is 0.397. The second kappa shape index (κ2) is 6.06. The van der Waals surface area contributed by atoms with Crippen molar-refractivity contribution in [2.75, 3.05) is 14.2 Å². The van der Waals surface area contributed by atoms with Gasteiger partial charge in [0.25, 0.3) is 0 Å². The molecule has 0 heterocycles. The van der Waals surface area contributed by atoms with E-state index in [0.717, 1.165) is 8.96 Å². The van der Waals surface area contributed by atoms with Gasteiger partial charge < -0.3 is 9.47 Å². The smallest absolute Gasteiger partial charge is 0.338 e. The molecule has 0 saturated heterocycles. The van der Waals surface area contributed by atoms with Gasteiger partial charge in [0.15, 0.2) is 0 Å². The van der Waals surface area contributed by atoms with Gasteiger partial charge in [-0.1, -0.05) is 6.07 Å². The van der Waals surface area contributed by atoms with E-state index in [0.29, 0.717) is 11.3 Å². The average molecular weight is 350 g/mol. The predicted octanol–water partition coefficient (Wildman–Crippen LogP) is 3.57. The molecule has 0 unspecified atom stereocenters. The second-order valence-electron chi connectivity index (χ2n) is 2.88. The van der Waals surface area contributed by atoms with E-state index < -0.39 is 5.97 Å². The lowest BCUT2D eigenvalue weighted by Gasteiger charge is -2.06. The minimum atomic E-state index is -0.397. The number of hydrogen-bond donors (Lipinski definition) is 0. The first-order valence-electron chi connectivity index (χ1n) is 4.37. The molecule has 0 radical (unpaired) electrons. The lowest BCUT2D eigenvalue weighted by molar-refractivity contribution is 0.0600. The van der Waals surface area contributed by atoms with Crippen LogP contribution in [-0.4, -0.2) is 20.2 Å². The van der Waals surface area contributed by atoms with E-state index in [9.17, 15) is 4.79 Å². The van der Waals surface area contributed by atoms with E-state index in [1.807, 2.05) is 0 Å². The fraction of sp³-hybridized carbons (Fsp3) is 0.182. The van der Waals surface area contributed by atoms with Crippen molar-refractivity contribution in [1.29, 1.82) is 0 Å². The van der Waals surface area contributed by atoms with Crippen molar-refractivity contribution < 1.29 is 14.3 Å². The van der Waals surface area contributed by atoms with Crippen LogP contribution in [0.25, 0.3) is 6.08 Å². The van der Waals surface area contributed by atoms with Crippen molar-refractivity contribution in [1.82, 2.24) is 0 Å². The summed E-state index contributed by atoms with van der Waals surface area (Å²) in [5.41, 5.74) is 1.20. The molecule has 0 aliphatic carbocycles. The fourth-order valence-corrected chi connectivity index (χ4v) is 1.69. The molecule has 0 aliphatic heterocycles. The van der Waals surface area contributed by atoms with Crippen molar-refractivity contribution in [2.45, 2.75) is 0 Å². The molecule has 1 rings (SSSR count). The quantitative estimate of drug-likeness (QED) is 0.782. The molecule has 0 bridgehead atoms. The molecule has 0 atom stereocenters. The van der Waals surface area contributed by atoms with E-state index in [1.54, 1.807) is 31.4 Å². The normalized spacial score (nSPS) is 9.50. The van der Waals surface area contributed by atoms with Crippen molar-refractivity contribution in [3.05, 3.63) is 32.7 Å². The largest absolute Gasteiger partial charge is 0.497 e. The second-order valence-corrected chi connectivity index (χ2v) is 5.65. The summed E-state index contributed by atoms with van der Waals surface area (Å²) in [6, 6.07) is 5.20.